The van der Waals surface area contributed by atoms with Crippen molar-refractivity contribution in [1.82, 2.24) is 4.98 Å². The van der Waals surface area contributed by atoms with Crippen LogP contribution in [0.1, 0.15) is 18.1 Å². The van der Waals surface area contributed by atoms with E-state index < -0.39 is 6.09 Å². The molecule has 0 aliphatic heterocycles. The second-order valence-corrected chi connectivity index (χ2v) is 3.98. The molecule has 0 N–H and O–H groups in total. The van der Waals surface area contributed by atoms with Crippen molar-refractivity contribution in [1.29, 1.82) is 0 Å². The third-order valence-corrected chi connectivity index (χ3v) is 2.54. The lowest BCUT2D eigenvalue weighted by atomic mass is 10.2. The minimum Gasteiger partial charge on any atom is -0.443 e. The maximum Gasteiger partial charge on any atom is 0.434 e. The quantitative estimate of drug-likeness (QED) is 0.790. The van der Waals surface area contributed by atoms with Crippen LogP contribution < -0.4 is 0 Å². The summed E-state index contributed by atoms with van der Waals surface area (Å²) in [6.45, 7) is 1.98. The van der Waals surface area contributed by atoms with Gasteiger partial charge < -0.3 is 4.74 Å². The number of carbonyl (C=O) groups excluding carboxylic acids is 1. The van der Waals surface area contributed by atoms with Gasteiger partial charge in [0.15, 0.2) is 0 Å². The number of rotatable bonds is 3. The molecule has 4 heteroatoms. The van der Waals surface area contributed by atoms with Gasteiger partial charge in [-0.25, -0.2) is 4.79 Å². The Morgan fingerprint density at radius 1 is 1.21 bits per heavy atom. The molecule has 0 saturated heterocycles. The van der Waals surface area contributed by atoms with Crippen molar-refractivity contribution in [2.45, 2.75) is 13.5 Å². The van der Waals surface area contributed by atoms with Crippen LogP contribution in [0.5, 0.6) is 0 Å². The van der Waals surface area contributed by atoms with Crippen LogP contribution in [0.25, 0.3) is 0 Å². The average molecular weight is 254 g/mol. The number of benzene rings is 1. The van der Waals surface area contributed by atoms with E-state index in [9.17, 15) is 4.79 Å². The summed E-state index contributed by atoms with van der Waals surface area (Å²) in [5.41, 5.74) is 2.33. The summed E-state index contributed by atoms with van der Waals surface area (Å²) in [7, 11) is 0. The van der Waals surface area contributed by atoms with E-state index in [1.54, 1.807) is 25.4 Å². The summed E-state index contributed by atoms with van der Waals surface area (Å²) in [5, 5.41) is 0. The SMILES string of the molecule is C/C(=N\C(=O)OCc1ccccc1)c1cccnc1. The van der Waals surface area contributed by atoms with E-state index >= 15 is 0 Å². The first-order chi connectivity index (χ1) is 9.25. The van der Waals surface area contributed by atoms with E-state index in [-0.39, 0.29) is 6.61 Å². The molecule has 2 aromatic rings. The third-order valence-electron chi connectivity index (χ3n) is 2.54. The predicted octanol–water partition coefficient (Wildman–Crippen LogP) is 3.23. The molecule has 1 aromatic carbocycles. The Balaban J connectivity index is 1.94. The highest BCUT2D eigenvalue weighted by molar-refractivity contribution is 6.03. The molecule has 96 valence electrons. The van der Waals surface area contributed by atoms with E-state index in [1.807, 2.05) is 36.4 Å². The Morgan fingerprint density at radius 2 is 2.00 bits per heavy atom. The maximum atomic E-state index is 11.6. The molecular formula is C15H14N2O2. The largest absolute Gasteiger partial charge is 0.443 e. The maximum absolute atomic E-state index is 11.6. The van der Waals surface area contributed by atoms with Crippen LogP contribution in [0.2, 0.25) is 0 Å². The molecular weight excluding hydrogens is 240 g/mol. The van der Waals surface area contributed by atoms with Crippen molar-refractivity contribution in [3.63, 3.8) is 0 Å². The first-order valence-corrected chi connectivity index (χ1v) is 5.92. The van der Waals surface area contributed by atoms with Crippen molar-refractivity contribution < 1.29 is 9.53 Å². The summed E-state index contributed by atoms with van der Waals surface area (Å²) >= 11 is 0. The molecule has 2 rings (SSSR count). The summed E-state index contributed by atoms with van der Waals surface area (Å²) in [4.78, 5) is 19.4. The van der Waals surface area contributed by atoms with Crippen molar-refractivity contribution in [3.8, 4) is 0 Å². The molecule has 1 amide bonds. The van der Waals surface area contributed by atoms with Gasteiger partial charge in [0.1, 0.15) is 6.61 Å². The van der Waals surface area contributed by atoms with Crippen molar-refractivity contribution >= 4 is 11.8 Å². The molecule has 1 heterocycles. The van der Waals surface area contributed by atoms with Crippen LogP contribution in [-0.2, 0) is 11.3 Å². The smallest absolute Gasteiger partial charge is 0.434 e. The molecule has 4 nitrogen and oxygen atoms in total. The second kappa shape index (κ2) is 6.44. The lowest BCUT2D eigenvalue weighted by molar-refractivity contribution is 0.151. The fraction of sp³-hybridized carbons (Fsp3) is 0.133. The summed E-state index contributed by atoms with van der Waals surface area (Å²) < 4.78 is 5.07. The van der Waals surface area contributed by atoms with Crippen molar-refractivity contribution in [3.05, 3.63) is 66.0 Å². The van der Waals surface area contributed by atoms with Crippen LogP contribution in [-0.4, -0.2) is 16.8 Å². The molecule has 0 saturated carbocycles. The van der Waals surface area contributed by atoms with Gasteiger partial charge in [-0.1, -0.05) is 36.4 Å². The molecule has 0 unspecified atom stereocenters. The number of nitrogens with zero attached hydrogens (tertiary/aromatic N) is 2. The van der Waals surface area contributed by atoms with Gasteiger partial charge in [-0.3, -0.25) is 4.98 Å². The van der Waals surface area contributed by atoms with Gasteiger partial charge in [-0.15, -0.1) is 0 Å². The second-order valence-electron chi connectivity index (χ2n) is 3.98. The Kier molecular flexibility index (Phi) is 4.39. The van der Waals surface area contributed by atoms with E-state index in [0.29, 0.717) is 5.71 Å². The van der Waals surface area contributed by atoms with Crippen LogP contribution >= 0.6 is 0 Å². The Hall–Kier alpha value is -2.49. The van der Waals surface area contributed by atoms with Crippen LogP contribution in [0, 0.1) is 0 Å². The van der Waals surface area contributed by atoms with Gasteiger partial charge in [0.2, 0.25) is 0 Å². The number of pyridine rings is 1. The normalized spacial score (nSPS) is 11.1. The number of aromatic nitrogens is 1. The van der Waals surface area contributed by atoms with Gasteiger partial charge in [0.05, 0.1) is 5.71 Å². The Labute approximate surface area is 111 Å². The van der Waals surface area contributed by atoms with E-state index in [4.69, 9.17) is 4.74 Å². The average Bonchev–Trinajstić information content (AvgIpc) is 2.47. The molecule has 0 aliphatic carbocycles. The van der Waals surface area contributed by atoms with E-state index in [2.05, 4.69) is 9.98 Å². The van der Waals surface area contributed by atoms with Gasteiger partial charge in [0.25, 0.3) is 0 Å². The molecule has 0 atom stereocenters. The third kappa shape index (κ3) is 4.03. The topological polar surface area (TPSA) is 51.5 Å². The predicted molar refractivity (Wildman–Crippen MR) is 73.1 cm³/mol. The standard InChI is InChI=1S/C15H14N2O2/c1-12(14-8-5-9-16-10-14)17-15(18)19-11-13-6-3-2-4-7-13/h2-10H,11H2,1H3/b17-12+. The molecule has 0 aliphatic rings. The first-order valence-electron chi connectivity index (χ1n) is 5.92. The molecule has 0 fully saturated rings. The van der Waals surface area contributed by atoms with Gasteiger partial charge in [-0.2, -0.15) is 4.99 Å². The molecule has 0 radical (unpaired) electrons. The van der Waals surface area contributed by atoms with E-state index in [0.717, 1.165) is 11.1 Å². The van der Waals surface area contributed by atoms with E-state index in [1.165, 1.54) is 0 Å². The zero-order valence-electron chi connectivity index (χ0n) is 10.6. The Bertz CT molecular complexity index is 565. The van der Waals surface area contributed by atoms with Gasteiger partial charge in [-0.05, 0) is 18.6 Å². The summed E-state index contributed by atoms with van der Waals surface area (Å²) in [6.07, 6.45) is 2.73. The Morgan fingerprint density at radius 3 is 2.68 bits per heavy atom. The molecule has 0 spiro atoms. The number of hydrogen-bond acceptors (Lipinski definition) is 3. The number of carbonyl (C=O) groups is 1. The number of aliphatic imine (C=N–C) groups is 1. The minimum atomic E-state index is -0.592. The highest BCUT2D eigenvalue weighted by Crippen LogP contribution is 2.03. The minimum absolute atomic E-state index is 0.226. The highest BCUT2D eigenvalue weighted by atomic mass is 16.5. The van der Waals surface area contributed by atoms with Crippen molar-refractivity contribution in [2.24, 2.45) is 4.99 Å². The summed E-state index contributed by atoms with van der Waals surface area (Å²) in [5.74, 6) is 0. The molecule has 19 heavy (non-hydrogen) atoms. The monoisotopic (exact) mass is 254 g/mol. The fourth-order valence-electron chi connectivity index (χ4n) is 1.53. The number of ether oxygens (including phenoxy) is 1. The number of hydrogen-bond donors (Lipinski definition) is 0. The van der Waals surface area contributed by atoms with Crippen molar-refractivity contribution in [2.75, 3.05) is 0 Å². The van der Waals surface area contributed by atoms with Gasteiger partial charge >= 0.3 is 6.09 Å². The molecule has 1 aromatic heterocycles. The first kappa shape index (κ1) is 13.0. The fourth-order valence-corrected chi connectivity index (χ4v) is 1.53. The van der Waals surface area contributed by atoms with Crippen LogP contribution in [0.4, 0.5) is 4.79 Å². The van der Waals surface area contributed by atoms with Crippen LogP contribution in [0.15, 0.2) is 59.9 Å². The molecule has 0 bridgehead atoms. The zero-order valence-corrected chi connectivity index (χ0v) is 10.6. The lowest BCUT2D eigenvalue weighted by Gasteiger charge is -2.02. The van der Waals surface area contributed by atoms with Crippen LogP contribution in [0.3, 0.4) is 0 Å². The lowest BCUT2D eigenvalue weighted by Crippen LogP contribution is -2.04. The summed E-state index contributed by atoms with van der Waals surface area (Å²) in [6, 6.07) is 13.1. The zero-order chi connectivity index (χ0) is 13.5. The van der Waals surface area contributed by atoms with Gasteiger partial charge in [0, 0.05) is 18.0 Å². The highest BCUT2D eigenvalue weighted by Gasteiger charge is 2.03. The number of amides is 1.